The number of hydrogen-bond acceptors (Lipinski definition) is 4. The number of piperidine rings is 1. The number of hydrogen-bond donors (Lipinski definition) is 2. The van der Waals surface area contributed by atoms with Gasteiger partial charge in [0.25, 0.3) is 0 Å². The molecular weight excluding hydrogens is 432 g/mol. The number of rotatable bonds is 8. The third-order valence-corrected chi connectivity index (χ3v) is 7.70. The van der Waals surface area contributed by atoms with E-state index < -0.39 is 12.1 Å². The summed E-state index contributed by atoms with van der Waals surface area (Å²) in [7, 11) is 0. The summed E-state index contributed by atoms with van der Waals surface area (Å²) in [5, 5.41) is 12.0. The molecule has 0 aromatic heterocycles. The van der Waals surface area contributed by atoms with Crippen molar-refractivity contribution < 1.29 is 24.2 Å². The molecule has 0 bridgehead atoms. The first-order valence-electron chi connectivity index (χ1n) is 12.1. The van der Waals surface area contributed by atoms with Gasteiger partial charge in [0, 0.05) is 31.5 Å². The lowest BCUT2D eigenvalue weighted by atomic mass is 9.98. The molecular formula is C27H30N2O5. The zero-order valence-electron chi connectivity index (χ0n) is 19.3. The maximum atomic E-state index is 12.6. The molecule has 1 saturated heterocycles. The highest BCUT2D eigenvalue weighted by molar-refractivity contribution is 5.80. The fourth-order valence-corrected chi connectivity index (χ4v) is 5.74. The van der Waals surface area contributed by atoms with Gasteiger partial charge in [-0.3, -0.25) is 9.59 Å². The highest BCUT2D eigenvalue weighted by Gasteiger charge is 2.60. The Morgan fingerprint density at radius 3 is 2.18 bits per heavy atom. The number of benzene rings is 2. The number of nitrogens with one attached hydrogen (secondary N) is 1. The second kappa shape index (κ2) is 9.12. The average Bonchev–Trinajstić information content (AvgIpc) is 3.20. The largest absolute Gasteiger partial charge is 0.481 e. The van der Waals surface area contributed by atoms with Crippen LogP contribution in [-0.4, -0.2) is 53.7 Å². The second-order valence-corrected chi connectivity index (χ2v) is 9.60. The summed E-state index contributed by atoms with van der Waals surface area (Å²) in [6.45, 7) is 3.31. The summed E-state index contributed by atoms with van der Waals surface area (Å²) in [5.74, 6) is -0.756. The number of alkyl carbamates (subject to hydrolysis) is 1. The van der Waals surface area contributed by atoms with Crippen LogP contribution in [0.2, 0.25) is 0 Å². The van der Waals surface area contributed by atoms with E-state index in [2.05, 4.69) is 29.6 Å². The van der Waals surface area contributed by atoms with Crippen LogP contribution in [-0.2, 0) is 14.3 Å². The first-order chi connectivity index (χ1) is 16.5. The number of carbonyl (C=O) groups is 3. The summed E-state index contributed by atoms with van der Waals surface area (Å²) in [6.07, 6.45) is 1.10. The Labute approximate surface area is 199 Å². The van der Waals surface area contributed by atoms with Gasteiger partial charge in [-0.15, -0.1) is 0 Å². The van der Waals surface area contributed by atoms with E-state index in [9.17, 15) is 14.4 Å². The van der Waals surface area contributed by atoms with E-state index in [1.54, 1.807) is 4.90 Å². The van der Waals surface area contributed by atoms with Crippen LogP contribution in [0.4, 0.5) is 4.79 Å². The number of ether oxygens (including phenoxy) is 1. The standard InChI is InChI=1S/C27H30N2O5/c1-2-16(11-12-24(30)29-13-21-22(14-29)25(21)26(31)32)28-27(33)34-15-23-19-9-5-3-7-17(19)18-8-4-6-10-20(18)23/h3-10,16,21-23,25H,2,11-15H2,1H3,(H,28,33)(H,31,32). The van der Waals surface area contributed by atoms with Crippen molar-refractivity contribution in [3.63, 3.8) is 0 Å². The summed E-state index contributed by atoms with van der Waals surface area (Å²) < 4.78 is 5.63. The van der Waals surface area contributed by atoms with Crippen molar-refractivity contribution in [3.8, 4) is 11.1 Å². The molecule has 2 aromatic rings. The van der Waals surface area contributed by atoms with Gasteiger partial charge in [0.05, 0.1) is 5.92 Å². The lowest BCUT2D eigenvalue weighted by Gasteiger charge is -2.22. The van der Waals surface area contributed by atoms with Gasteiger partial charge in [-0.05, 0) is 46.9 Å². The molecule has 1 saturated carbocycles. The summed E-state index contributed by atoms with van der Waals surface area (Å²) in [6, 6.07) is 16.3. The van der Waals surface area contributed by atoms with Crippen LogP contribution < -0.4 is 5.32 Å². The van der Waals surface area contributed by atoms with Crippen molar-refractivity contribution in [2.75, 3.05) is 19.7 Å². The molecule has 3 aliphatic rings. The molecule has 0 spiro atoms. The molecule has 3 atom stereocenters. The van der Waals surface area contributed by atoms with Crippen molar-refractivity contribution in [1.29, 1.82) is 0 Å². The van der Waals surface area contributed by atoms with E-state index in [4.69, 9.17) is 9.84 Å². The van der Waals surface area contributed by atoms with Gasteiger partial charge in [-0.2, -0.15) is 0 Å². The zero-order chi connectivity index (χ0) is 23.8. The Hall–Kier alpha value is -3.35. The minimum absolute atomic E-state index is 0.0102. The van der Waals surface area contributed by atoms with Crippen LogP contribution in [0, 0.1) is 17.8 Å². The molecule has 2 N–H and O–H groups in total. The first-order valence-corrected chi connectivity index (χ1v) is 12.1. The SMILES string of the molecule is CCC(CCC(=O)N1CC2C(C1)C2C(=O)O)NC(=O)OCC1c2ccccc2-c2ccccc21. The number of carboxylic acids is 1. The second-order valence-electron chi connectivity index (χ2n) is 9.60. The number of amides is 2. The third-order valence-electron chi connectivity index (χ3n) is 7.70. The Balaban J connectivity index is 1.10. The van der Waals surface area contributed by atoms with Crippen LogP contribution in [0.25, 0.3) is 11.1 Å². The molecule has 2 aliphatic carbocycles. The van der Waals surface area contributed by atoms with E-state index in [1.807, 2.05) is 31.2 Å². The van der Waals surface area contributed by atoms with Gasteiger partial charge in [0.15, 0.2) is 0 Å². The van der Waals surface area contributed by atoms with Crippen LogP contribution in [0.3, 0.4) is 0 Å². The van der Waals surface area contributed by atoms with Gasteiger partial charge >= 0.3 is 12.1 Å². The molecule has 5 rings (SSSR count). The van der Waals surface area contributed by atoms with Crippen molar-refractivity contribution in [1.82, 2.24) is 10.2 Å². The first kappa shape index (κ1) is 22.4. The van der Waals surface area contributed by atoms with E-state index >= 15 is 0 Å². The monoisotopic (exact) mass is 462 g/mol. The fourth-order valence-electron chi connectivity index (χ4n) is 5.74. The van der Waals surface area contributed by atoms with Crippen LogP contribution in [0.15, 0.2) is 48.5 Å². The Morgan fingerprint density at radius 1 is 1.03 bits per heavy atom. The van der Waals surface area contributed by atoms with Crippen LogP contribution in [0.1, 0.15) is 43.2 Å². The molecule has 3 unspecified atom stereocenters. The molecule has 1 heterocycles. The normalized spacial score (nSPS) is 23.0. The number of fused-ring (bicyclic) bond motifs is 4. The van der Waals surface area contributed by atoms with Gasteiger partial charge in [0.1, 0.15) is 6.61 Å². The van der Waals surface area contributed by atoms with Gasteiger partial charge < -0.3 is 20.1 Å². The van der Waals surface area contributed by atoms with Gasteiger partial charge in [-0.1, -0.05) is 55.5 Å². The highest BCUT2D eigenvalue weighted by Crippen LogP contribution is 2.51. The van der Waals surface area contributed by atoms with Gasteiger partial charge in [0.2, 0.25) is 5.91 Å². The fraction of sp³-hybridized carbons (Fsp3) is 0.444. The molecule has 7 heteroatoms. The predicted octanol–water partition coefficient (Wildman–Crippen LogP) is 3.87. The quantitative estimate of drug-likeness (QED) is 0.621. The molecule has 178 valence electrons. The summed E-state index contributed by atoms with van der Waals surface area (Å²) >= 11 is 0. The lowest BCUT2D eigenvalue weighted by molar-refractivity contribution is -0.141. The minimum atomic E-state index is -0.750. The van der Waals surface area contributed by atoms with E-state index in [0.717, 1.165) is 0 Å². The van der Waals surface area contributed by atoms with Crippen molar-refractivity contribution in [3.05, 3.63) is 59.7 Å². The molecule has 0 radical (unpaired) electrons. The molecule has 2 aromatic carbocycles. The molecule has 2 fully saturated rings. The zero-order valence-corrected chi connectivity index (χ0v) is 19.3. The summed E-state index contributed by atoms with van der Waals surface area (Å²) in [5.41, 5.74) is 4.71. The van der Waals surface area contributed by atoms with Crippen molar-refractivity contribution in [2.45, 2.75) is 38.1 Å². The number of nitrogens with zero attached hydrogens (tertiary/aromatic N) is 1. The Kier molecular flexibility index (Phi) is 6.02. The van der Waals surface area contributed by atoms with E-state index in [0.29, 0.717) is 32.4 Å². The number of carbonyl (C=O) groups excluding carboxylic acids is 2. The minimum Gasteiger partial charge on any atom is -0.481 e. The van der Waals surface area contributed by atoms with E-state index in [1.165, 1.54) is 22.3 Å². The smallest absolute Gasteiger partial charge is 0.407 e. The van der Waals surface area contributed by atoms with Crippen molar-refractivity contribution in [2.24, 2.45) is 17.8 Å². The third kappa shape index (κ3) is 4.15. The number of carboxylic acid groups (broad SMARTS) is 1. The Morgan fingerprint density at radius 2 is 1.62 bits per heavy atom. The van der Waals surface area contributed by atoms with Crippen LogP contribution >= 0.6 is 0 Å². The molecule has 2 amide bonds. The lowest BCUT2D eigenvalue weighted by Crippen LogP contribution is -2.38. The molecule has 34 heavy (non-hydrogen) atoms. The van der Waals surface area contributed by atoms with Crippen LogP contribution in [0.5, 0.6) is 0 Å². The summed E-state index contributed by atoms with van der Waals surface area (Å²) in [4.78, 5) is 38.0. The highest BCUT2D eigenvalue weighted by atomic mass is 16.5. The topological polar surface area (TPSA) is 95.9 Å². The predicted molar refractivity (Wildman–Crippen MR) is 126 cm³/mol. The average molecular weight is 463 g/mol. The maximum Gasteiger partial charge on any atom is 0.407 e. The molecule has 7 nitrogen and oxygen atoms in total. The van der Waals surface area contributed by atoms with Gasteiger partial charge in [-0.25, -0.2) is 4.79 Å². The number of likely N-dealkylation sites (tertiary alicyclic amines) is 1. The van der Waals surface area contributed by atoms with Crippen molar-refractivity contribution >= 4 is 18.0 Å². The number of aliphatic carboxylic acids is 1. The molecule has 1 aliphatic heterocycles. The maximum absolute atomic E-state index is 12.6. The van der Waals surface area contributed by atoms with E-state index in [-0.39, 0.29) is 42.2 Å². The Bertz CT molecular complexity index is 1060.